The molecular formula is C16H14N2OS. The molecule has 0 atom stereocenters. The molecule has 20 heavy (non-hydrogen) atoms. The van der Waals surface area contributed by atoms with Gasteiger partial charge in [0.15, 0.2) is 0 Å². The van der Waals surface area contributed by atoms with Gasteiger partial charge in [0.1, 0.15) is 11.3 Å². The minimum absolute atomic E-state index is 0.685. The highest BCUT2D eigenvalue weighted by atomic mass is 32.1. The fourth-order valence-electron chi connectivity index (χ4n) is 2.02. The van der Waals surface area contributed by atoms with Gasteiger partial charge in [-0.3, -0.25) is 4.79 Å². The van der Waals surface area contributed by atoms with E-state index in [0.29, 0.717) is 5.56 Å². The van der Waals surface area contributed by atoms with Crippen LogP contribution in [0.5, 0.6) is 0 Å². The highest BCUT2D eigenvalue weighted by molar-refractivity contribution is 7.21. The van der Waals surface area contributed by atoms with E-state index in [2.05, 4.69) is 22.0 Å². The van der Waals surface area contributed by atoms with Crippen LogP contribution in [0.2, 0.25) is 0 Å². The molecule has 0 fully saturated rings. The monoisotopic (exact) mass is 282 g/mol. The summed E-state index contributed by atoms with van der Waals surface area (Å²) in [5.74, 6) is 0. The van der Waals surface area contributed by atoms with Crippen LogP contribution < -0.4 is 4.90 Å². The van der Waals surface area contributed by atoms with Crippen molar-refractivity contribution in [2.24, 2.45) is 0 Å². The van der Waals surface area contributed by atoms with Crippen molar-refractivity contribution >= 4 is 33.5 Å². The lowest BCUT2D eigenvalue weighted by molar-refractivity contribution is 0.112. The van der Waals surface area contributed by atoms with Crippen molar-refractivity contribution in [3.8, 4) is 10.6 Å². The van der Waals surface area contributed by atoms with Gasteiger partial charge in [-0.25, -0.2) is 4.98 Å². The zero-order valence-electron chi connectivity index (χ0n) is 11.3. The highest BCUT2D eigenvalue weighted by Gasteiger charge is 2.07. The quantitative estimate of drug-likeness (QED) is 0.684. The molecule has 1 heterocycles. The van der Waals surface area contributed by atoms with Gasteiger partial charge in [0.05, 0.1) is 10.2 Å². The summed E-state index contributed by atoms with van der Waals surface area (Å²) in [6.45, 7) is 0. The third kappa shape index (κ3) is 2.30. The van der Waals surface area contributed by atoms with Gasteiger partial charge in [-0.2, -0.15) is 0 Å². The summed E-state index contributed by atoms with van der Waals surface area (Å²) in [5.41, 5.74) is 3.91. The Morgan fingerprint density at radius 2 is 1.85 bits per heavy atom. The summed E-state index contributed by atoms with van der Waals surface area (Å²) >= 11 is 1.67. The third-order valence-corrected chi connectivity index (χ3v) is 4.25. The molecule has 0 saturated heterocycles. The number of hydrogen-bond acceptors (Lipinski definition) is 4. The Morgan fingerprint density at radius 3 is 2.50 bits per heavy atom. The van der Waals surface area contributed by atoms with Gasteiger partial charge in [-0.05, 0) is 18.2 Å². The first-order valence-electron chi connectivity index (χ1n) is 6.31. The first-order valence-corrected chi connectivity index (χ1v) is 7.12. The molecule has 4 heteroatoms. The van der Waals surface area contributed by atoms with E-state index in [1.165, 1.54) is 10.4 Å². The average molecular weight is 282 g/mol. The fourth-order valence-corrected chi connectivity index (χ4v) is 3.02. The van der Waals surface area contributed by atoms with Crippen molar-refractivity contribution in [1.82, 2.24) is 4.98 Å². The van der Waals surface area contributed by atoms with Crippen LogP contribution in [0.4, 0.5) is 5.69 Å². The van der Waals surface area contributed by atoms with Crippen molar-refractivity contribution in [2.75, 3.05) is 19.0 Å². The van der Waals surface area contributed by atoms with Crippen molar-refractivity contribution < 1.29 is 4.79 Å². The largest absolute Gasteiger partial charge is 0.378 e. The maximum atomic E-state index is 10.7. The lowest BCUT2D eigenvalue weighted by Gasteiger charge is -2.11. The van der Waals surface area contributed by atoms with E-state index in [4.69, 9.17) is 0 Å². The van der Waals surface area contributed by atoms with E-state index in [-0.39, 0.29) is 0 Å². The first-order chi connectivity index (χ1) is 9.67. The summed E-state index contributed by atoms with van der Waals surface area (Å²) in [5, 5.41) is 0.980. The molecule has 3 aromatic rings. The van der Waals surface area contributed by atoms with E-state index >= 15 is 0 Å². The van der Waals surface area contributed by atoms with Gasteiger partial charge < -0.3 is 4.90 Å². The van der Waals surface area contributed by atoms with Crippen molar-refractivity contribution in [2.45, 2.75) is 0 Å². The Labute approximate surface area is 121 Å². The first kappa shape index (κ1) is 12.8. The fraction of sp³-hybridized carbons (Fsp3) is 0.125. The predicted octanol–water partition coefficient (Wildman–Crippen LogP) is 3.84. The standard InChI is InChI=1S/C16H14N2OS/c1-18(2)13-7-8-14-15(9-13)20-16(17-14)12-5-3-11(10-19)4-6-12/h3-10H,1-2H3. The molecule has 0 unspecified atom stereocenters. The molecule has 0 N–H and O–H groups in total. The van der Waals surface area contributed by atoms with Gasteiger partial charge in [0.25, 0.3) is 0 Å². The lowest BCUT2D eigenvalue weighted by atomic mass is 10.1. The Morgan fingerprint density at radius 1 is 1.10 bits per heavy atom. The van der Waals surface area contributed by atoms with Gasteiger partial charge in [0, 0.05) is 30.9 Å². The SMILES string of the molecule is CN(C)c1ccc2nc(-c3ccc(C=O)cc3)sc2c1. The third-order valence-electron chi connectivity index (χ3n) is 3.18. The second-order valence-corrected chi connectivity index (χ2v) is 5.84. The Balaban J connectivity index is 2.05. The molecule has 0 amide bonds. The van der Waals surface area contributed by atoms with Crippen LogP contribution in [0, 0.1) is 0 Å². The minimum atomic E-state index is 0.685. The van der Waals surface area contributed by atoms with Gasteiger partial charge in [0.2, 0.25) is 0 Å². The number of aldehydes is 1. The molecule has 3 nitrogen and oxygen atoms in total. The van der Waals surface area contributed by atoms with Gasteiger partial charge >= 0.3 is 0 Å². The number of benzene rings is 2. The van der Waals surface area contributed by atoms with E-state index in [1.54, 1.807) is 11.3 Å². The second-order valence-electron chi connectivity index (χ2n) is 4.81. The van der Waals surface area contributed by atoms with Crippen LogP contribution in [-0.2, 0) is 0 Å². The summed E-state index contributed by atoms with van der Waals surface area (Å²) < 4.78 is 1.17. The summed E-state index contributed by atoms with van der Waals surface area (Å²) in [6.07, 6.45) is 0.853. The summed E-state index contributed by atoms with van der Waals surface area (Å²) in [7, 11) is 4.06. The Hall–Kier alpha value is -2.20. The molecule has 1 aromatic heterocycles. The van der Waals surface area contributed by atoms with Gasteiger partial charge in [-0.1, -0.05) is 24.3 Å². The van der Waals surface area contributed by atoms with Crippen LogP contribution in [-0.4, -0.2) is 25.4 Å². The van der Waals surface area contributed by atoms with E-state index in [1.807, 2.05) is 44.4 Å². The van der Waals surface area contributed by atoms with E-state index < -0.39 is 0 Å². The molecule has 2 aromatic carbocycles. The lowest BCUT2D eigenvalue weighted by Crippen LogP contribution is -2.07. The van der Waals surface area contributed by atoms with E-state index in [9.17, 15) is 4.79 Å². The molecular weight excluding hydrogens is 268 g/mol. The number of aromatic nitrogens is 1. The molecule has 0 aliphatic carbocycles. The number of fused-ring (bicyclic) bond motifs is 1. The molecule has 0 aliphatic heterocycles. The molecule has 0 saturated carbocycles. The van der Waals surface area contributed by atoms with Crippen molar-refractivity contribution in [1.29, 1.82) is 0 Å². The van der Waals surface area contributed by atoms with Crippen LogP contribution in [0.15, 0.2) is 42.5 Å². The second kappa shape index (κ2) is 5.06. The van der Waals surface area contributed by atoms with Gasteiger partial charge in [-0.15, -0.1) is 11.3 Å². The van der Waals surface area contributed by atoms with Crippen LogP contribution in [0.3, 0.4) is 0 Å². The summed E-state index contributed by atoms with van der Waals surface area (Å²) in [4.78, 5) is 17.4. The summed E-state index contributed by atoms with van der Waals surface area (Å²) in [6, 6.07) is 13.8. The molecule has 0 aliphatic rings. The predicted molar refractivity (Wildman–Crippen MR) is 84.8 cm³/mol. The number of nitrogens with zero attached hydrogens (tertiary/aromatic N) is 2. The highest BCUT2D eigenvalue weighted by Crippen LogP contribution is 2.32. The maximum absolute atomic E-state index is 10.7. The zero-order valence-corrected chi connectivity index (χ0v) is 12.1. The maximum Gasteiger partial charge on any atom is 0.150 e. The van der Waals surface area contributed by atoms with Crippen LogP contribution >= 0.6 is 11.3 Å². The van der Waals surface area contributed by atoms with E-state index in [0.717, 1.165) is 22.4 Å². The average Bonchev–Trinajstić information content (AvgIpc) is 2.90. The van der Waals surface area contributed by atoms with Crippen LogP contribution in [0.25, 0.3) is 20.8 Å². The number of carbonyl (C=O) groups is 1. The normalized spacial score (nSPS) is 10.7. The molecule has 0 radical (unpaired) electrons. The Kier molecular flexibility index (Phi) is 3.24. The molecule has 3 rings (SSSR count). The number of rotatable bonds is 3. The number of thiazole rings is 1. The zero-order chi connectivity index (χ0) is 14.1. The molecule has 0 bridgehead atoms. The van der Waals surface area contributed by atoms with Crippen molar-refractivity contribution in [3.63, 3.8) is 0 Å². The number of anilines is 1. The van der Waals surface area contributed by atoms with Crippen molar-refractivity contribution in [3.05, 3.63) is 48.0 Å². The topological polar surface area (TPSA) is 33.2 Å². The number of hydrogen-bond donors (Lipinski definition) is 0. The molecule has 100 valence electrons. The minimum Gasteiger partial charge on any atom is -0.378 e. The number of carbonyl (C=O) groups excluding carboxylic acids is 1. The Bertz CT molecular complexity index is 760. The van der Waals surface area contributed by atoms with Crippen LogP contribution in [0.1, 0.15) is 10.4 Å². The molecule has 0 spiro atoms. The smallest absolute Gasteiger partial charge is 0.150 e.